The summed E-state index contributed by atoms with van der Waals surface area (Å²) in [6.45, 7) is 7.84. The van der Waals surface area contributed by atoms with Gasteiger partial charge in [0.05, 0.1) is 5.92 Å². The number of primary amides is 2. The van der Waals surface area contributed by atoms with E-state index < -0.39 is 17.9 Å². The van der Waals surface area contributed by atoms with E-state index in [0.29, 0.717) is 0 Å². The van der Waals surface area contributed by atoms with E-state index in [1.165, 1.54) is 0 Å². The Morgan fingerprint density at radius 3 is 2.00 bits per heavy atom. The van der Waals surface area contributed by atoms with Crippen LogP contribution in [0.25, 0.3) is 0 Å². The summed E-state index contributed by atoms with van der Waals surface area (Å²) in [4.78, 5) is 34.1. The molecule has 0 aromatic rings. The fourth-order valence-corrected chi connectivity index (χ4v) is 2.36. The van der Waals surface area contributed by atoms with Gasteiger partial charge in [0.1, 0.15) is 0 Å². The molecule has 5 N–H and O–H groups in total. The van der Waals surface area contributed by atoms with Crippen molar-refractivity contribution >= 4 is 17.7 Å². The van der Waals surface area contributed by atoms with Crippen LogP contribution in [0.5, 0.6) is 0 Å². The lowest BCUT2D eigenvalue weighted by atomic mass is 10.1. The molecule has 6 heteroatoms. The van der Waals surface area contributed by atoms with Crippen LogP contribution >= 0.6 is 0 Å². The molecule has 0 saturated heterocycles. The minimum absolute atomic E-state index is 0.0962. The third-order valence-electron chi connectivity index (χ3n) is 3.56. The van der Waals surface area contributed by atoms with Crippen molar-refractivity contribution in [1.29, 1.82) is 0 Å². The van der Waals surface area contributed by atoms with E-state index in [1.54, 1.807) is 0 Å². The minimum atomic E-state index is -1.45. The van der Waals surface area contributed by atoms with Crippen LogP contribution in [0.4, 0.5) is 0 Å². The monoisotopic (exact) mass is 267 g/mol. The number of hydrogen-bond donors (Lipinski definition) is 3. The normalized spacial score (nSPS) is 23.6. The number of allylic oxidation sites excluding steroid dienone is 2. The first kappa shape index (κ1) is 15.2. The predicted octanol–water partition coefficient (Wildman–Crippen LogP) is -0.320. The van der Waals surface area contributed by atoms with Crippen molar-refractivity contribution in [2.45, 2.75) is 33.7 Å². The molecule has 1 saturated carbocycles. The maximum Gasteiger partial charge on any atom is 0.249 e. The van der Waals surface area contributed by atoms with Crippen LogP contribution in [-0.4, -0.2) is 23.8 Å². The van der Waals surface area contributed by atoms with Crippen molar-refractivity contribution in [3.8, 4) is 0 Å². The Hall–Kier alpha value is -1.85. The van der Waals surface area contributed by atoms with Crippen molar-refractivity contribution in [3.05, 3.63) is 11.6 Å². The molecule has 106 valence electrons. The Balaban J connectivity index is 2.78. The molecule has 3 amide bonds. The van der Waals surface area contributed by atoms with E-state index in [2.05, 4.69) is 5.32 Å². The molecular formula is C13H21N3O3. The fourth-order valence-electron chi connectivity index (χ4n) is 2.36. The van der Waals surface area contributed by atoms with Crippen molar-refractivity contribution in [3.63, 3.8) is 0 Å². The molecule has 2 atom stereocenters. The molecule has 0 aromatic heterocycles. The average molecular weight is 267 g/mol. The van der Waals surface area contributed by atoms with Gasteiger partial charge >= 0.3 is 0 Å². The number of nitrogens with one attached hydrogen (secondary N) is 1. The molecule has 0 radical (unpaired) electrons. The van der Waals surface area contributed by atoms with Crippen molar-refractivity contribution in [2.24, 2.45) is 28.7 Å². The van der Waals surface area contributed by atoms with Gasteiger partial charge in [-0.05, 0) is 25.2 Å². The predicted molar refractivity (Wildman–Crippen MR) is 70.5 cm³/mol. The summed E-state index contributed by atoms with van der Waals surface area (Å²) >= 11 is 0. The molecule has 19 heavy (non-hydrogen) atoms. The topological polar surface area (TPSA) is 115 Å². The summed E-state index contributed by atoms with van der Waals surface area (Å²) in [6, 6.07) is -1.45. The molecule has 1 aliphatic rings. The van der Waals surface area contributed by atoms with Crippen LogP contribution in [0.2, 0.25) is 0 Å². The number of hydrogen-bond acceptors (Lipinski definition) is 3. The summed E-state index contributed by atoms with van der Waals surface area (Å²) in [5.41, 5.74) is 11.0. The van der Waals surface area contributed by atoms with Gasteiger partial charge in [-0.25, -0.2) is 0 Å². The van der Waals surface area contributed by atoms with E-state index in [9.17, 15) is 14.4 Å². The average Bonchev–Trinajstić information content (AvgIpc) is 2.74. The highest BCUT2D eigenvalue weighted by Crippen LogP contribution is 2.59. The minimum Gasteiger partial charge on any atom is -0.367 e. The SMILES string of the molecule is CC(C)=CC1C(C(=O)NC(C(N)=O)C(N)=O)C1(C)C. The summed E-state index contributed by atoms with van der Waals surface area (Å²) in [5, 5.41) is 2.32. The molecule has 0 spiro atoms. The molecule has 2 unspecified atom stereocenters. The van der Waals surface area contributed by atoms with E-state index in [1.807, 2.05) is 33.8 Å². The zero-order chi connectivity index (χ0) is 15.0. The number of carbonyl (C=O) groups excluding carboxylic acids is 3. The highest BCUT2D eigenvalue weighted by molar-refractivity contribution is 6.06. The summed E-state index contributed by atoms with van der Waals surface area (Å²) in [7, 11) is 0. The summed E-state index contributed by atoms with van der Waals surface area (Å²) in [6.07, 6.45) is 2.02. The molecule has 1 fully saturated rings. The lowest BCUT2D eigenvalue weighted by Gasteiger charge is -2.12. The van der Waals surface area contributed by atoms with E-state index in [0.717, 1.165) is 5.57 Å². The molecule has 6 nitrogen and oxygen atoms in total. The van der Waals surface area contributed by atoms with Crippen molar-refractivity contribution < 1.29 is 14.4 Å². The van der Waals surface area contributed by atoms with Crippen LogP contribution in [-0.2, 0) is 14.4 Å². The van der Waals surface area contributed by atoms with E-state index in [4.69, 9.17) is 11.5 Å². The number of rotatable bonds is 5. The van der Waals surface area contributed by atoms with E-state index in [-0.39, 0.29) is 23.2 Å². The first-order valence-electron chi connectivity index (χ1n) is 6.13. The Labute approximate surface area is 112 Å². The molecule has 0 bridgehead atoms. The Kier molecular flexibility index (Phi) is 4.03. The zero-order valence-electron chi connectivity index (χ0n) is 11.7. The molecule has 1 rings (SSSR count). The second kappa shape index (κ2) is 5.03. The second-order valence-electron chi connectivity index (χ2n) is 5.82. The van der Waals surface area contributed by atoms with Crippen LogP contribution in [0, 0.1) is 17.3 Å². The highest BCUT2D eigenvalue weighted by Gasteiger charge is 2.60. The van der Waals surface area contributed by atoms with Crippen LogP contribution in [0.1, 0.15) is 27.7 Å². The molecule has 1 aliphatic carbocycles. The fraction of sp³-hybridized carbons (Fsp3) is 0.615. The number of carbonyl (C=O) groups is 3. The number of amides is 3. The standard InChI is InChI=1S/C13H21N3O3/c1-6(2)5-7-8(13(7,3)4)12(19)16-9(10(14)17)11(15)18/h5,7-9H,1-4H3,(H2,14,17)(H2,15,18)(H,16,19). The quantitative estimate of drug-likeness (QED) is 0.468. The Bertz CT molecular complexity index is 436. The van der Waals surface area contributed by atoms with Gasteiger partial charge < -0.3 is 16.8 Å². The van der Waals surface area contributed by atoms with Crippen LogP contribution in [0.3, 0.4) is 0 Å². The third kappa shape index (κ3) is 3.13. The second-order valence-corrected chi connectivity index (χ2v) is 5.82. The maximum absolute atomic E-state index is 12.1. The molecule has 0 aliphatic heterocycles. The Morgan fingerprint density at radius 2 is 1.63 bits per heavy atom. The van der Waals surface area contributed by atoms with Gasteiger partial charge in [0, 0.05) is 0 Å². The maximum atomic E-state index is 12.1. The van der Waals surface area contributed by atoms with Crippen molar-refractivity contribution in [1.82, 2.24) is 5.32 Å². The first-order chi connectivity index (χ1) is 8.59. The first-order valence-corrected chi connectivity index (χ1v) is 6.13. The van der Waals surface area contributed by atoms with Gasteiger partial charge in [0.25, 0.3) is 0 Å². The highest BCUT2D eigenvalue weighted by atomic mass is 16.2. The van der Waals surface area contributed by atoms with Crippen LogP contribution < -0.4 is 16.8 Å². The van der Waals surface area contributed by atoms with Gasteiger partial charge in [0.15, 0.2) is 6.04 Å². The van der Waals surface area contributed by atoms with Crippen LogP contribution in [0.15, 0.2) is 11.6 Å². The largest absolute Gasteiger partial charge is 0.367 e. The van der Waals surface area contributed by atoms with Crippen molar-refractivity contribution in [2.75, 3.05) is 0 Å². The summed E-state index contributed by atoms with van der Waals surface area (Å²) < 4.78 is 0. The Morgan fingerprint density at radius 1 is 1.16 bits per heavy atom. The van der Waals surface area contributed by atoms with Gasteiger partial charge in [-0.1, -0.05) is 25.5 Å². The van der Waals surface area contributed by atoms with Gasteiger partial charge in [0.2, 0.25) is 17.7 Å². The third-order valence-corrected chi connectivity index (χ3v) is 3.56. The number of nitrogens with two attached hydrogens (primary N) is 2. The molecular weight excluding hydrogens is 246 g/mol. The van der Waals surface area contributed by atoms with E-state index >= 15 is 0 Å². The smallest absolute Gasteiger partial charge is 0.249 e. The van der Waals surface area contributed by atoms with Gasteiger partial charge in [-0.3, -0.25) is 14.4 Å². The zero-order valence-corrected chi connectivity index (χ0v) is 11.7. The summed E-state index contributed by atoms with van der Waals surface area (Å²) in [5.74, 6) is -2.44. The van der Waals surface area contributed by atoms with Gasteiger partial charge in [-0.2, -0.15) is 0 Å². The lowest BCUT2D eigenvalue weighted by molar-refractivity contribution is -0.134. The van der Waals surface area contributed by atoms with Gasteiger partial charge in [-0.15, -0.1) is 0 Å². The molecule has 0 heterocycles. The molecule has 0 aromatic carbocycles. The lowest BCUT2D eigenvalue weighted by Crippen LogP contribution is -2.53.